The molecule has 0 aliphatic heterocycles. The van der Waals surface area contributed by atoms with Crippen LogP contribution < -0.4 is 15.4 Å². The van der Waals surface area contributed by atoms with Gasteiger partial charge in [0.2, 0.25) is 11.8 Å². The number of aromatic nitrogens is 1. The molecule has 1 aromatic rings. The number of nitrogens with zero attached hydrogens (tertiary/aromatic N) is 3. The van der Waals surface area contributed by atoms with Crippen LogP contribution >= 0.6 is 0 Å². The summed E-state index contributed by atoms with van der Waals surface area (Å²) < 4.78 is 41.6. The monoisotopic (exact) mass is 429 g/mol. The van der Waals surface area contributed by atoms with Crippen LogP contribution in [0, 0.1) is 5.41 Å². The second-order valence-corrected chi connectivity index (χ2v) is 7.64. The lowest BCUT2D eigenvalue weighted by atomic mass is 9.84. The van der Waals surface area contributed by atoms with Gasteiger partial charge in [-0.1, -0.05) is 12.8 Å². The number of nitrogens with one attached hydrogen (secondary N) is 2. The van der Waals surface area contributed by atoms with Gasteiger partial charge in [0.25, 0.3) is 0 Å². The molecule has 1 amide bonds. The quantitative estimate of drug-likeness (QED) is 0.491. The third-order valence-electron chi connectivity index (χ3n) is 4.96. The maximum absolute atomic E-state index is 12.7. The maximum Gasteiger partial charge on any atom is 0.422 e. The van der Waals surface area contributed by atoms with Crippen LogP contribution in [-0.2, 0) is 11.3 Å². The Balaban J connectivity index is 2.03. The zero-order valence-electron chi connectivity index (χ0n) is 17.7. The van der Waals surface area contributed by atoms with E-state index in [2.05, 4.69) is 25.3 Å². The molecule has 1 aromatic heterocycles. The third kappa shape index (κ3) is 7.07. The number of ether oxygens (including phenoxy) is 1. The molecule has 2 rings (SSSR count). The number of halogens is 3. The van der Waals surface area contributed by atoms with Crippen LogP contribution in [0.3, 0.4) is 0 Å². The van der Waals surface area contributed by atoms with E-state index >= 15 is 0 Å². The maximum atomic E-state index is 12.7. The van der Waals surface area contributed by atoms with Crippen LogP contribution in [0.5, 0.6) is 5.88 Å². The molecule has 0 radical (unpaired) electrons. The molecule has 1 fully saturated rings. The van der Waals surface area contributed by atoms with E-state index in [1.54, 1.807) is 25.1 Å². The largest absolute Gasteiger partial charge is 0.468 e. The third-order valence-corrected chi connectivity index (χ3v) is 4.96. The van der Waals surface area contributed by atoms with Crippen molar-refractivity contribution in [1.29, 1.82) is 0 Å². The lowest BCUT2D eigenvalue weighted by Crippen LogP contribution is -2.49. The molecule has 2 N–H and O–H groups in total. The summed E-state index contributed by atoms with van der Waals surface area (Å²) >= 11 is 0. The number of aliphatic imine (C=N–C) groups is 1. The van der Waals surface area contributed by atoms with E-state index in [1.807, 2.05) is 6.92 Å². The highest BCUT2D eigenvalue weighted by Crippen LogP contribution is 2.38. The Kier molecular flexibility index (Phi) is 8.31. The summed E-state index contributed by atoms with van der Waals surface area (Å²) in [6.07, 6.45) is 0.680. The van der Waals surface area contributed by atoms with Gasteiger partial charge in [0, 0.05) is 39.4 Å². The Morgan fingerprint density at radius 1 is 1.30 bits per heavy atom. The molecule has 1 saturated carbocycles. The number of hydrogen-bond acceptors (Lipinski definition) is 4. The van der Waals surface area contributed by atoms with E-state index in [4.69, 9.17) is 0 Å². The Morgan fingerprint density at radius 3 is 2.60 bits per heavy atom. The predicted molar refractivity (Wildman–Crippen MR) is 108 cm³/mol. The minimum atomic E-state index is -4.42. The first-order chi connectivity index (χ1) is 14.1. The molecule has 7 nitrogen and oxygen atoms in total. The first-order valence-electron chi connectivity index (χ1n) is 10.0. The van der Waals surface area contributed by atoms with Crippen LogP contribution in [-0.4, -0.2) is 61.7 Å². The van der Waals surface area contributed by atoms with Crippen molar-refractivity contribution in [2.24, 2.45) is 10.4 Å². The molecule has 0 saturated heterocycles. The van der Waals surface area contributed by atoms with Crippen LogP contribution in [0.4, 0.5) is 13.2 Å². The zero-order chi connectivity index (χ0) is 22.2. The van der Waals surface area contributed by atoms with E-state index in [0.717, 1.165) is 25.7 Å². The van der Waals surface area contributed by atoms with Crippen molar-refractivity contribution in [3.05, 3.63) is 23.9 Å². The van der Waals surface area contributed by atoms with Crippen molar-refractivity contribution >= 4 is 11.9 Å². The molecule has 30 heavy (non-hydrogen) atoms. The molecular weight excluding hydrogens is 399 g/mol. The average Bonchev–Trinajstić information content (AvgIpc) is 3.18. The summed E-state index contributed by atoms with van der Waals surface area (Å²) in [6.45, 7) is 1.89. The molecule has 168 valence electrons. The van der Waals surface area contributed by atoms with Gasteiger partial charge in [0.05, 0.1) is 12.0 Å². The summed E-state index contributed by atoms with van der Waals surface area (Å²) in [6, 6.07) is 3.11. The highest BCUT2D eigenvalue weighted by molar-refractivity contribution is 5.85. The summed E-state index contributed by atoms with van der Waals surface area (Å²) in [7, 11) is 3.53. The van der Waals surface area contributed by atoms with Gasteiger partial charge in [-0.05, 0) is 31.4 Å². The van der Waals surface area contributed by atoms with Gasteiger partial charge >= 0.3 is 6.18 Å². The zero-order valence-corrected chi connectivity index (χ0v) is 17.7. The summed E-state index contributed by atoms with van der Waals surface area (Å²) in [5, 5.41) is 6.41. The second kappa shape index (κ2) is 10.5. The number of amides is 1. The lowest BCUT2D eigenvalue weighted by Gasteiger charge is -2.31. The highest BCUT2D eigenvalue weighted by Gasteiger charge is 2.42. The second-order valence-electron chi connectivity index (χ2n) is 7.64. The number of carbonyl (C=O) groups is 1. The van der Waals surface area contributed by atoms with Gasteiger partial charge in [0.1, 0.15) is 0 Å². The van der Waals surface area contributed by atoms with Crippen molar-refractivity contribution in [3.8, 4) is 5.88 Å². The van der Waals surface area contributed by atoms with E-state index in [1.165, 1.54) is 12.3 Å². The lowest BCUT2D eigenvalue weighted by molar-refractivity contribution is -0.154. The van der Waals surface area contributed by atoms with Crippen molar-refractivity contribution in [1.82, 2.24) is 20.5 Å². The molecule has 1 aliphatic carbocycles. The number of hydrogen-bond donors (Lipinski definition) is 2. The molecule has 1 aliphatic rings. The summed E-state index contributed by atoms with van der Waals surface area (Å²) in [5.74, 6) is 0.563. The van der Waals surface area contributed by atoms with Crippen molar-refractivity contribution in [2.75, 3.05) is 33.8 Å². The first-order valence-corrected chi connectivity index (χ1v) is 10.0. The topological polar surface area (TPSA) is 78.9 Å². The van der Waals surface area contributed by atoms with E-state index in [-0.39, 0.29) is 18.3 Å². The van der Waals surface area contributed by atoms with Crippen molar-refractivity contribution in [2.45, 2.75) is 45.3 Å². The van der Waals surface area contributed by atoms with Crippen LogP contribution in [0.1, 0.15) is 38.2 Å². The van der Waals surface area contributed by atoms with Gasteiger partial charge in [0.15, 0.2) is 12.6 Å². The minimum Gasteiger partial charge on any atom is -0.468 e. The normalized spacial score (nSPS) is 16.3. The number of carbonyl (C=O) groups excluding carboxylic acids is 1. The van der Waals surface area contributed by atoms with Crippen molar-refractivity contribution < 1.29 is 22.7 Å². The molecule has 1 heterocycles. The molecule has 10 heteroatoms. The fourth-order valence-corrected chi connectivity index (χ4v) is 3.54. The van der Waals surface area contributed by atoms with Gasteiger partial charge in [-0.2, -0.15) is 13.2 Å². The molecule has 0 aromatic carbocycles. The van der Waals surface area contributed by atoms with Crippen LogP contribution in [0.15, 0.2) is 23.3 Å². The first kappa shape index (κ1) is 23.8. The summed E-state index contributed by atoms with van der Waals surface area (Å²) in [5.41, 5.74) is 0.230. The molecule has 0 bridgehead atoms. The van der Waals surface area contributed by atoms with Crippen LogP contribution in [0.2, 0.25) is 0 Å². The number of pyridine rings is 1. The fraction of sp³-hybridized carbons (Fsp3) is 0.650. The van der Waals surface area contributed by atoms with Crippen LogP contribution in [0.25, 0.3) is 0 Å². The molecular formula is C20H30F3N5O2. The Bertz CT molecular complexity index is 731. The van der Waals surface area contributed by atoms with Crippen molar-refractivity contribution in [3.63, 3.8) is 0 Å². The van der Waals surface area contributed by atoms with Gasteiger partial charge < -0.3 is 20.3 Å². The molecule has 0 unspecified atom stereocenters. The molecule has 0 atom stereocenters. The Morgan fingerprint density at radius 2 is 2.00 bits per heavy atom. The smallest absolute Gasteiger partial charge is 0.422 e. The molecule has 0 spiro atoms. The van der Waals surface area contributed by atoms with Gasteiger partial charge in [-0.15, -0.1) is 0 Å². The van der Waals surface area contributed by atoms with E-state index in [9.17, 15) is 18.0 Å². The minimum absolute atomic E-state index is 0.0977. The van der Waals surface area contributed by atoms with E-state index < -0.39 is 18.2 Å². The number of alkyl halides is 3. The van der Waals surface area contributed by atoms with E-state index in [0.29, 0.717) is 24.6 Å². The van der Waals surface area contributed by atoms with Gasteiger partial charge in [-0.25, -0.2) is 9.98 Å². The fourth-order valence-electron chi connectivity index (χ4n) is 3.54. The summed E-state index contributed by atoms with van der Waals surface area (Å²) in [4.78, 5) is 22.6. The highest BCUT2D eigenvalue weighted by atomic mass is 19.4. The number of rotatable bonds is 8. The Labute approximate surface area is 175 Å². The number of guanidine groups is 1. The van der Waals surface area contributed by atoms with Gasteiger partial charge in [-0.3, -0.25) is 4.79 Å². The standard InChI is InChI=1S/C20H30F3N5O2/c1-4-24-18(27-13-19(8-5-6-9-19)17(29)28(2)3)26-12-15-7-10-25-16(11-15)30-14-20(21,22)23/h7,10-11H,4-6,8-9,12-14H2,1-3H3,(H2,24,26,27). The average molecular weight is 429 g/mol. The predicted octanol–water partition coefficient (Wildman–Crippen LogP) is 2.73. The Hall–Kier alpha value is -2.52. The SMILES string of the molecule is CCNC(=NCc1ccnc(OCC(F)(F)F)c1)NCC1(C(=O)N(C)C)CCCC1.